The molecule has 0 saturated heterocycles. The Hall–Kier alpha value is 1.70. The first-order chi connectivity index (χ1) is 17.6. The van der Waals surface area contributed by atoms with Gasteiger partial charge in [-0.1, -0.05) is 40.5 Å². The van der Waals surface area contributed by atoms with Crippen molar-refractivity contribution < 1.29 is 98.5 Å². The van der Waals surface area contributed by atoms with Gasteiger partial charge in [-0.3, -0.25) is 8.37 Å². The molecule has 4 rings (SSSR count). The van der Waals surface area contributed by atoms with E-state index in [0.29, 0.717) is 36.0 Å². The normalized spacial score (nSPS) is 40.2. The van der Waals surface area contributed by atoms with Crippen LogP contribution in [0.25, 0.3) is 0 Å². The number of hydrogen-bond donors (Lipinski definition) is 1. The Bertz CT molecular complexity index is 1060. The maximum absolute atomic E-state index is 11.3. The van der Waals surface area contributed by atoms with E-state index in [1.54, 1.807) is 0 Å². The minimum Gasteiger partial charge on any atom is -0.726 e. The first kappa shape index (κ1) is 37.9. The Labute approximate surface area is 286 Å². The van der Waals surface area contributed by atoms with Gasteiger partial charge in [0.2, 0.25) is 20.8 Å². The molecule has 0 radical (unpaired) electrons. The third-order valence-electron chi connectivity index (χ3n) is 11.4. The van der Waals surface area contributed by atoms with Crippen molar-refractivity contribution in [1.82, 2.24) is 0 Å². The zero-order valence-electron chi connectivity index (χ0n) is 25.2. The Balaban J connectivity index is 0.00000280. The van der Waals surface area contributed by atoms with Crippen molar-refractivity contribution in [3.05, 3.63) is 0 Å². The third-order valence-corrected chi connectivity index (χ3v) is 12.3. The summed E-state index contributed by atoms with van der Waals surface area (Å²) in [7, 11) is -9.62. The molecule has 0 heterocycles. The van der Waals surface area contributed by atoms with Crippen molar-refractivity contribution in [3.8, 4) is 0 Å². The number of aliphatic hydroxyl groups excluding tert-OH is 1. The van der Waals surface area contributed by atoms with Crippen LogP contribution in [0.4, 0.5) is 0 Å². The number of hydrogen-bond acceptors (Lipinski definition) is 9. The van der Waals surface area contributed by atoms with Gasteiger partial charge in [-0.2, -0.15) is 0 Å². The van der Waals surface area contributed by atoms with E-state index >= 15 is 0 Å². The van der Waals surface area contributed by atoms with Crippen molar-refractivity contribution in [3.63, 3.8) is 0 Å². The van der Waals surface area contributed by atoms with Crippen LogP contribution in [0.5, 0.6) is 0 Å². The monoisotopic (exact) mass is 624 g/mol. The zero-order chi connectivity index (χ0) is 28.1. The molecule has 4 aliphatic rings. The molecule has 10 atom stereocenters. The van der Waals surface area contributed by atoms with Crippen molar-refractivity contribution in [1.29, 1.82) is 0 Å². The van der Waals surface area contributed by atoms with Crippen molar-refractivity contribution >= 4 is 20.8 Å². The molecule has 4 saturated carbocycles. The molecular formula is C27H46Na2O9S2. The largest absolute Gasteiger partial charge is 1.00 e. The smallest absolute Gasteiger partial charge is 0.726 e. The van der Waals surface area contributed by atoms with Crippen LogP contribution in [0.15, 0.2) is 0 Å². The number of fused-ring (bicyclic) bond motifs is 5. The average Bonchev–Trinajstić information content (AvgIpc) is 3.14. The van der Waals surface area contributed by atoms with Crippen LogP contribution in [0.1, 0.15) is 98.3 Å². The predicted molar refractivity (Wildman–Crippen MR) is 139 cm³/mol. The van der Waals surface area contributed by atoms with Crippen LogP contribution in [-0.2, 0) is 29.2 Å². The zero-order valence-corrected chi connectivity index (χ0v) is 30.8. The van der Waals surface area contributed by atoms with Crippen LogP contribution < -0.4 is 59.1 Å². The van der Waals surface area contributed by atoms with Gasteiger partial charge in [0.15, 0.2) is 0 Å². The summed E-state index contributed by atoms with van der Waals surface area (Å²) in [6, 6.07) is 0. The Morgan fingerprint density at radius 3 is 2.02 bits per heavy atom. The first-order valence-corrected chi connectivity index (χ1v) is 17.1. The van der Waals surface area contributed by atoms with Crippen LogP contribution in [0.3, 0.4) is 0 Å². The summed E-state index contributed by atoms with van der Waals surface area (Å²) >= 11 is 0. The average molecular weight is 625 g/mol. The molecule has 0 aromatic heterocycles. The molecule has 13 heteroatoms. The van der Waals surface area contributed by atoms with Gasteiger partial charge in [0.25, 0.3) is 0 Å². The van der Waals surface area contributed by atoms with Gasteiger partial charge in [0.05, 0.1) is 12.7 Å². The Morgan fingerprint density at radius 1 is 0.825 bits per heavy atom. The second-order valence-corrected chi connectivity index (χ2v) is 15.7. The summed E-state index contributed by atoms with van der Waals surface area (Å²) in [6.07, 6.45) is 7.78. The summed E-state index contributed by atoms with van der Waals surface area (Å²) in [6.45, 7) is 8.90. The topological polar surface area (TPSA) is 153 Å². The second kappa shape index (κ2) is 14.4. The molecule has 0 aromatic carbocycles. The van der Waals surface area contributed by atoms with E-state index in [4.69, 9.17) is 8.37 Å². The summed E-state index contributed by atoms with van der Waals surface area (Å²) in [5.41, 5.74) is -0.108. The third kappa shape index (κ3) is 8.29. The standard InChI is InChI=1S/C27H48O9S2.2Na/c1-17(2)6-5-7-18(16-35-37(29,30)31)20-10-11-21-19-8-9-23-25(28)24(36-38(32,33)34)13-15-27(23,4)22(19)12-14-26(20,21)3;;/h17-25,28H,5-16H2,1-4H3,(H,29,30,31)(H,32,33,34);;/q;2*+1/p-2/t18-,19-,20+,21-,22-,23?,24+,25+,26+,27+;;/m0../s1. The van der Waals surface area contributed by atoms with Crippen LogP contribution in [-0.4, -0.2) is 49.9 Å². The number of rotatable bonds is 10. The molecule has 4 aliphatic carbocycles. The Morgan fingerprint density at radius 2 is 1.43 bits per heavy atom. The quantitative estimate of drug-likeness (QED) is 0.172. The van der Waals surface area contributed by atoms with E-state index in [9.17, 15) is 31.0 Å². The minimum atomic E-state index is -4.88. The molecule has 0 bridgehead atoms. The summed E-state index contributed by atoms with van der Waals surface area (Å²) in [5, 5.41) is 11.1. The minimum absolute atomic E-state index is 0. The fourth-order valence-corrected chi connectivity index (χ4v) is 10.6. The van der Waals surface area contributed by atoms with Gasteiger partial charge in [-0.25, -0.2) is 16.8 Å². The second-order valence-electron chi connectivity index (χ2n) is 13.6. The molecule has 1 unspecified atom stereocenters. The fraction of sp³-hybridized carbons (Fsp3) is 1.00. The van der Waals surface area contributed by atoms with Crippen LogP contribution >= 0.6 is 0 Å². The van der Waals surface area contributed by atoms with E-state index < -0.39 is 33.0 Å². The molecule has 1 N–H and O–H groups in total. The van der Waals surface area contributed by atoms with E-state index in [-0.39, 0.29) is 88.4 Å². The van der Waals surface area contributed by atoms with Gasteiger partial charge in [-0.05, 0) is 110 Å². The molecule has 40 heavy (non-hydrogen) atoms. The van der Waals surface area contributed by atoms with Crippen LogP contribution in [0, 0.1) is 52.3 Å². The van der Waals surface area contributed by atoms with Gasteiger partial charge in [-0.15, -0.1) is 0 Å². The maximum Gasteiger partial charge on any atom is 1.00 e. The Kier molecular flexibility index (Phi) is 13.7. The van der Waals surface area contributed by atoms with E-state index in [2.05, 4.69) is 27.7 Å². The van der Waals surface area contributed by atoms with Crippen LogP contribution in [0.2, 0.25) is 0 Å². The van der Waals surface area contributed by atoms with Gasteiger partial charge >= 0.3 is 59.1 Å². The maximum atomic E-state index is 11.3. The predicted octanol–water partition coefficient (Wildman–Crippen LogP) is -1.61. The number of aliphatic hydroxyl groups is 1. The van der Waals surface area contributed by atoms with E-state index in [1.165, 1.54) is 0 Å². The fourth-order valence-electron chi connectivity index (χ4n) is 9.73. The molecule has 4 fully saturated rings. The molecule has 0 aliphatic heterocycles. The van der Waals surface area contributed by atoms with E-state index in [0.717, 1.165) is 64.2 Å². The molecular weight excluding hydrogens is 578 g/mol. The summed E-state index contributed by atoms with van der Waals surface area (Å²) in [5.74, 6) is 2.13. The van der Waals surface area contributed by atoms with Crippen molar-refractivity contribution in [2.45, 2.75) is 111 Å². The van der Waals surface area contributed by atoms with Gasteiger partial charge < -0.3 is 14.2 Å². The van der Waals surface area contributed by atoms with E-state index in [1.807, 2.05) is 0 Å². The molecule has 0 spiro atoms. The molecule has 9 nitrogen and oxygen atoms in total. The van der Waals surface area contributed by atoms with Gasteiger partial charge in [0.1, 0.15) is 6.10 Å². The summed E-state index contributed by atoms with van der Waals surface area (Å²) in [4.78, 5) is 0. The SMILES string of the molecule is CC(C)CCC[C@@H](COS(=O)(=O)[O-])[C@H]1CC[C@H]2[C@@H]3CCC4[C@@H](O)[C@H](OS(=O)(=O)[O-])CC[C@]4(C)[C@H]3CC[C@]12C.[Na+].[Na+]. The first-order valence-electron chi connectivity index (χ1n) is 14.5. The molecule has 222 valence electrons. The van der Waals surface area contributed by atoms with Gasteiger partial charge in [0, 0.05) is 0 Å². The molecule has 0 aromatic rings. The van der Waals surface area contributed by atoms with Crippen molar-refractivity contribution in [2.75, 3.05) is 6.61 Å². The van der Waals surface area contributed by atoms with Crippen molar-refractivity contribution in [2.24, 2.45) is 52.3 Å². The molecule has 0 amide bonds. The summed E-state index contributed by atoms with van der Waals surface area (Å²) < 4.78 is 77.2.